The summed E-state index contributed by atoms with van der Waals surface area (Å²) in [6.07, 6.45) is 0. The molecule has 2 heterocycles. The van der Waals surface area contributed by atoms with Crippen molar-refractivity contribution in [2.75, 3.05) is 34.3 Å². The first-order valence-electron chi connectivity index (χ1n) is 7.95. The number of likely N-dealkylation sites (tertiary alicyclic amines) is 1. The van der Waals surface area contributed by atoms with Gasteiger partial charge in [-0.05, 0) is 45.1 Å². The number of amides is 1. The number of aryl methyl sites for hydroxylation is 1. The van der Waals surface area contributed by atoms with Gasteiger partial charge in [0.2, 0.25) is 0 Å². The average Bonchev–Trinajstić information content (AvgIpc) is 3.07. The molecule has 1 amide bonds. The van der Waals surface area contributed by atoms with Crippen molar-refractivity contribution in [3.63, 3.8) is 0 Å². The van der Waals surface area contributed by atoms with E-state index in [1.54, 1.807) is 7.11 Å². The zero-order valence-electron chi connectivity index (χ0n) is 14.4. The molecule has 0 spiro atoms. The molecule has 0 radical (unpaired) electrons. The Morgan fingerprint density at radius 1 is 1.35 bits per heavy atom. The van der Waals surface area contributed by atoms with Gasteiger partial charge >= 0.3 is 0 Å². The van der Waals surface area contributed by atoms with Crippen molar-refractivity contribution in [3.05, 3.63) is 29.5 Å². The second-order valence-corrected chi connectivity index (χ2v) is 6.64. The molecule has 0 bridgehead atoms. The van der Waals surface area contributed by atoms with Crippen molar-refractivity contribution in [1.82, 2.24) is 9.80 Å². The number of rotatable bonds is 3. The summed E-state index contributed by atoms with van der Waals surface area (Å²) < 4.78 is 11.1. The van der Waals surface area contributed by atoms with Gasteiger partial charge < -0.3 is 19.0 Å². The Labute approximate surface area is 136 Å². The number of benzene rings is 1. The maximum absolute atomic E-state index is 12.9. The third-order valence-corrected chi connectivity index (χ3v) is 4.86. The summed E-state index contributed by atoms with van der Waals surface area (Å²) in [5.74, 6) is 1.65. The molecule has 0 aliphatic carbocycles. The van der Waals surface area contributed by atoms with Crippen LogP contribution in [0.5, 0.6) is 5.75 Å². The summed E-state index contributed by atoms with van der Waals surface area (Å²) >= 11 is 0. The molecule has 5 heteroatoms. The van der Waals surface area contributed by atoms with E-state index in [1.807, 2.05) is 30.0 Å². The topological polar surface area (TPSA) is 45.9 Å². The number of carbonyl (C=O) groups excluding carboxylic acids is 1. The maximum atomic E-state index is 12.9. The number of furan rings is 1. The molecule has 0 saturated carbocycles. The quantitative estimate of drug-likeness (QED) is 0.873. The van der Waals surface area contributed by atoms with Crippen molar-refractivity contribution >= 4 is 16.9 Å². The molecule has 1 aliphatic heterocycles. The lowest BCUT2D eigenvalue weighted by molar-refractivity contribution is 0.0751. The first kappa shape index (κ1) is 15.9. The molecule has 1 aromatic carbocycles. The van der Waals surface area contributed by atoms with Crippen LogP contribution in [0.3, 0.4) is 0 Å². The van der Waals surface area contributed by atoms with Gasteiger partial charge in [-0.25, -0.2) is 0 Å². The smallest absolute Gasteiger partial charge is 0.289 e. The van der Waals surface area contributed by atoms with Gasteiger partial charge in [0.05, 0.1) is 7.11 Å². The van der Waals surface area contributed by atoms with Crippen molar-refractivity contribution in [1.29, 1.82) is 0 Å². The summed E-state index contributed by atoms with van der Waals surface area (Å²) in [5.41, 5.74) is 1.60. The molecular formula is C18H24N2O3. The minimum Gasteiger partial charge on any atom is -0.497 e. The van der Waals surface area contributed by atoms with Crippen LogP contribution in [0.25, 0.3) is 11.0 Å². The largest absolute Gasteiger partial charge is 0.497 e. The molecule has 1 saturated heterocycles. The lowest BCUT2D eigenvalue weighted by Gasteiger charge is -2.22. The number of carbonyl (C=O) groups is 1. The van der Waals surface area contributed by atoms with Gasteiger partial charge in [0, 0.05) is 30.1 Å². The minimum atomic E-state index is -0.0196. The fraction of sp³-hybridized carbons (Fsp3) is 0.500. The average molecular weight is 316 g/mol. The lowest BCUT2D eigenvalue weighted by Crippen LogP contribution is -2.35. The number of methoxy groups -OCH3 is 1. The zero-order chi connectivity index (χ0) is 16.7. The van der Waals surface area contributed by atoms with Gasteiger partial charge in [0.25, 0.3) is 5.91 Å². The maximum Gasteiger partial charge on any atom is 0.289 e. The van der Waals surface area contributed by atoms with E-state index in [-0.39, 0.29) is 5.91 Å². The highest BCUT2D eigenvalue weighted by Crippen LogP contribution is 2.31. The van der Waals surface area contributed by atoms with Gasteiger partial charge in [-0.3, -0.25) is 4.79 Å². The van der Waals surface area contributed by atoms with Gasteiger partial charge in [-0.1, -0.05) is 6.92 Å². The van der Waals surface area contributed by atoms with Crippen LogP contribution in [0.1, 0.15) is 23.0 Å². The Morgan fingerprint density at radius 3 is 2.70 bits per heavy atom. The van der Waals surface area contributed by atoms with Gasteiger partial charge in [0.1, 0.15) is 11.3 Å². The van der Waals surface area contributed by atoms with Crippen molar-refractivity contribution in [3.8, 4) is 5.75 Å². The number of likely N-dealkylation sites (N-methyl/N-ethyl adjacent to an activating group) is 1. The van der Waals surface area contributed by atoms with Crippen LogP contribution in [0.4, 0.5) is 0 Å². The van der Waals surface area contributed by atoms with Crippen LogP contribution in [0, 0.1) is 12.8 Å². The second-order valence-electron chi connectivity index (χ2n) is 6.64. The van der Waals surface area contributed by atoms with Gasteiger partial charge in [-0.2, -0.15) is 0 Å². The first-order valence-corrected chi connectivity index (χ1v) is 7.95. The third kappa shape index (κ3) is 2.70. The number of fused-ring (bicyclic) bond motifs is 1. The fourth-order valence-corrected chi connectivity index (χ4v) is 3.46. The van der Waals surface area contributed by atoms with E-state index in [0.717, 1.165) is 35.4 Å². The summed E-state index contributed by atoms with van der Waals surface area (Å²) in [6, 6.07) is 6.01. The van der Waals surface area contributed by atoms with Gasteiger partial charge in [0.15, 0.2) is 5.76 Å². The Kier molecular flexibility index (Phi) is 4.06. The summed E-state index contributed by atoms with van der Waals surface area (Å²) in [6.45, 7) is 5.63. The first-order chi connectivity index (χ1) is 10.9. The van der Waals surface area contributed by atoms with Crippen molar-refractivity contribution < 1.29 is 13.9 Å². The third-order valence-electron chi connectivity index (χ3n) is 4.86. The molecule has 124 valence electrons. The van der Waals surface area contributed by atoms with E-state index in [1.165, 1.54) is 0 Å². The van der Waals surface area contributed by atoms with Gasteiger partial charge in [-0.15, -0.1) is 0 Å². The molecule has 1 fully saturated rings. The molecular weight excluding hydrogens is 292 g/mol. The number of hydrogen-bond donors (Lipinski definition) is 0. The Balaban J connectivity index is 1.91. The van der Waals surface area contributed by atoms with E-state index >= 15 is 0 Å². The number of hydrogen-bond acceptors (Lipinski definition) is 4. The normalized spacial score (nSPS) is 21.4. The van der Waals surface area contributed by atoms with Crippen LogP contribution in [-0.2, 0) is 0 Å². The molecule has 23 heavy (non-hydrogen) atoms. The molecule has 1 aromatic heterocycles. The van der Waals surface area contributed by atoms with Crippen LogP contribution in [0.15, 0.2) is 22.6 Å². The molecule has 1 aliphatic rings. The van der Waals surface area contributed by atoms with E-state index in [2.05, 4.69) is 25.9 Å². The number of nitrogens with zero attached hydrogens (tertiary/aromatic N) is 2. The zero-order valence-corrected chi connectivity index (χ0v) is 14.4. The Bertz CT molecular complexity index is 735. The Morgan fingerprint density at radius 2 is 2.09 bits per heavy atom. The van der Waals surface area contributed by atoms with Crippen molar-refractivity contribution in [2.24, 2.45) is 5.92 Å². The predicted octanol–water partition coefficient (Wildman–Crippen LogP) is 2.77. The lowest BCUT2D eigenvalue weighted by atomic mass is 10.1. The molecule has 5 nitrogen and oxygen atoms in total. The Hall–Kier alpha value is -2.01. The fourth-order valence-electron chi connectivity index (χ4n) is 3.46. The van der Waals surface area contributed by atoms with E-state index in [0.29, 0.717) is 17.7 Å². The van der Waals surface area contributed by atoms with Crippen LogP contribution in [-0.4, -0.2) is 56.0 Å². The molecule has 0 unspecified atom stereocenters. The standard InChI is InChI=1S/C18H24N2O3/c1-11-9-20(10-15(11)19(3)4)18(21)17-12(2)14-8-13(22-5)6-7-16(14)23-17/h6-8,11,15H,9-10H2,1-5H3/t11-,15+/m1/s1. The molecule has 0 N–H and O–H groups in total. The predicted molar refractivity (Wildman–Crippen MR) is 90.0 cm³/mol. The molecule has 3 rings (SSSR count). The highest BCUT2D eigenvalue weighted by molar-refractivity contribution is 5.99. The van der Waals surface area contributed by atoms with E-state index in [4.69, 9.17) is 9.15 Å². The summed E-state index contributed by atoms with van der Waals surface area (Å²) in [5, 5.41) is 0.934. The van der Waals surface area contributed by atoms with Crippen LogP contribution >= 0.6 is 0 Å². The molecule has 2 aromatic rings. The minimum absolute atomic E-state index is 0.0196. The number of ether oxygens (including phenoxy) is 1. The highest BCUT2D eigenvalue weighted by atomic mass is 16.5. The summed E-state index contributed by atoms with van der Waals surface area (Å²) in [4.78, 5) is 17.0. The van der Waals surface area contributed by atoms with E-state index < -0.39 is 0 Å². The monoisotopic (exact) mass is 316 g/mol. The van der Waals surface area contributed by atoms with Crippen LogP contribution < -0.4 is 4.74 Å². The SMILES string of the molecule is COc1ccc2oc(C(=O)N3C[C@@H](C)[C@@H](N(C)C)C3)c(C)c2c1. The van der Waals surface area contributed by atoms with E-state index in [9.17, 15) is 4.79 Å². The van der Waals surface area contributed by atoms with Crippen molar-refractivity contribution in [2.45, 2.75) is 19.9 Å². The second kappa shape index (κ2) is 5.89. The molecule has 2 atom stereocenters. The summed E-state index contributed by atoms with van der Waals surface area (Å²) in [7, 11) is 5.76. The van der Waals surface area contributed by atoms with Crippen LogP contribution in [0.2, 0.25) is 0 Å². The highest BCUT2D eigenvalue weighted by Gasteiger charge is 2.35.